The van der Waals surface area contributed by atoms with E-state index in [1.165, 1.54) is 7.11 Å². The van der Waals surface area contributed by atoms with Gasteiger partial charge in [0.05, 0.1) is 19.9 Å². The van der Waals surface area contributed by atoms with Crippen molar-refractivity contribution in [2.75, 3.05) is 30.2 Å². The summed E-state index contributed by atoms with van der Waals surface area (Å²) in [5.74, 6) is 0.617. The second-order valence-corrected chi connectivity index (χ2v) is 6.94. The lowest BCUT2D eigenvalue weighted by Gasteiger charge is -2.10. The number of thiazole rings is 1. The molecule has 10 heteroatoms. The summed E-state index contributed by atoms with van der Waals surface area (Å²) in [5.41, 5.74) is 1.17. The molecule has 0 unspecified atom stereocenters. The van der Waals surface area contributed by atoms with Crippen LogP contribution in [0.2, 0.25) is 5.02 Å². The van der Waals surface area contributed by atoms with Crippen molar-refractivity contribution < 1.29 is 19.1 Å². The summed E-state index contributed by atoms with van der Waals surface area (Å²) >= 11 is 7.01. The van der Waals surface area contributed by atoms with Crippen molar-refractivity contribution in [2.24, 2.45) is 0 Å². The second-order valence-electron chi connectivity index (χ2n) is 5.65. The number of rotatable bonds is 6. The molecule has 0 radical (unpaired) electrons. The number of ether oxygens (including phenoxy) is 2. The van der Waals surface area contributed by atoms with Crippen molar-refractivity contribution >= 4 is 51.4 Å². The molecule has 3 N–H and O–H groups in total. The van der Waals surface area contributed by atoms with Crippen LogP contribution in [0.5, 0.6) is 11.5 Å². The number of anilines is 3. The molecular formula is C19H17ClN4O4S. The third-order valence-corrected chi connectivity index (χ3v) is 4.69. The molecule has 0 atom stereocenters. The van der Waals surface area contributed by atoms with E-state index in [0.29, 0.717) is 27.9 Å². The zero-order valence-corrected chi connectivity index (χ0v) is 17.1. The Morgan fingerprint density at radius 1 is 1.03 bits per heavy atom. The van der Waals surface area contributed by atoms with Gasteiger partial charge in [-0.1, -0.05) is 17.7 Å². The molecule has 3 amide bonds. The Balaban J connectivity index is 1.63. The fourth-order valence-electron chi connectivity index (χ4n) is 2.35. The van der Waals surface area contributed by atoms with Crippen molar-refractivity contribution in [3.05, 3.63) is 58.6 Å². The molecule has 0 fully saturated rings. The van der Waals surface area contributed by atoms with E-state index >= 15 is 0 Å². The number of halogens is 1. The highest BCUT2D eigenvalue weighted by Gasteiger charge is 2.15. The first-order valence-corrected chi connectivity index (χ1v) is 9.56. The lowest BCUT2D eigenvalue weighted by atomic mass is 10.2. The lowest BCUT2D eigenvalue weighted by Crippen LogP contribution is -2.19. The maximum absolute atomic E-state index is 12.5. The summed E-state index contributed by atoms with van der Waals surface area (Å²) in [4.78, 5) is 28.7. The summed E-state index contributed by atoms with van der Waals surface area (Å²) in [6.45, 7) is 0. The van der Waals surface area contributed by atoms with Crippen LogP contribution in [0.1, 0.15) is 10.5 Å². The predicted molar refractivity (Wildman–Crippen MR) is 114 cm³/mol. The van der Waals surface area contributed by atoms with E-state index < -0.39 is 11.9 Å². The average Bonchev–Trinajstić information content (AvgIpc) is 3.16. The number of nitrogens with zero attached hydrogens (tertiary/aromatic N) is 1. The maximum atomic E-state index is 12.5. The lowest BCUT2D eigenvalue weighted by molar-refractivity contribution is 0.102. The summed E-state index contributed by atoms with van der Waals surface area (Å²) in [5, 5.41) is 10.3. The Morgan fingerprint density at radius 2 is 1.86 bits per heavy atom. The molecular weight excluding hydrogens is 416 g/mol. The number of methoxy groups -OCH3 is 2. The quantitative estimate of drug-likeness (QED) is 0.523. The molecule has 0 bridgehead atoms. The molecule has 1 aromatic heterocycles. The van der Waals surface area contributed by atoms with Crippen molar-refractivity contribution in [1.29, 1.82) is 0 Å². The molecule has 8 nitrogen and oxygen atoms in total. The van der Waals surface area contributed by atoms with Gasteiger partial charge in [-0.2, -0.15) is 0 Å². The Bertz CT molecular complexity index is 1040. The molecule has 0 saturated heterocycles. The van der Waals surface area contributed by atoms with E-state index in [-0.39, 0.29) is 10.8 Å². The predicted octanol–water partition coefficient (Wildman–Crippen LogP) is 4.71. The van der Waals surface area contributed by atoms with Crippen LogP contribution in [0.25, 0.3) is 0 Å². The first-order valence-electron chi connectivity index (χ1n) is 8.31. The number of amides is 3. The van der Waals surface area contributed by atoms with Crippen molar-refractivity contribution in [3.8, 4) is 11.5 Å². The summed E-state index contributed by atoms with van der Waals surface area (Å²) in [7, 11) is 3.03. The SMILES string of the molecule is COc1ccc(NC(=O)c2csc(NC(=O)Nc3cccc(Cl)c3)n2)c(OC)c1. The van der Waals surface area contributed by atoms with Gasteiger partial charge in [-0.05, 0) is 30.3 Å². The summed E-state index contributed by atoms with van der Waals surface area (Å²) < 4.78 is 10.4. The first kappa shape index (κ1) is 20.4. The van der Waals surface area contributed by atoms with Crippen molar-refractivity contribution in [2.45, 2.75) is 0 Å². The molecule has 150 valence electrons. The van der Waals surface area contributed by atoms with Crippen LogP contribution in [0, 0.1) is 0 Å². The third-order valence-electron chi connectivity index (χ3n) is 3.70. The van der Waals surface area contributed by atoms with Gasteiger partial charge in [0, 0.05) is 22.2 Å². The molecule has 3 aromatic rings. The molecule has 0 saturated carbocycles. The molecule has 29 heavy (non-hydrogen) atoms. The smallest absolute Gasteiger partial charge is 0.325 e. The highest BCUT2D eigenvalue weighted by Crippen LogP contribution is 2.29. The Hall–Kier alpha value is -3.30. The van der Waals surface area contributed by atoms with Gasteiger partial charge < -0.3 is 20.1 Å². The molecule has 0 aliphatic rings. The number of hydrogen-bond acceptors (Lipinski definition) is 6. The summed E-state index contributed by atoms with van der Waals surface area (Å²) in [6, 6.07) is 11.3. The molecule has 0 aliphatic carbocycles. The monoisotopic (exact) mass is 432 g/mol. The van der Waals surface area contributed by atoms with Gasteiger partial charge >= 0.3 is 6.03 Å². The fraction of sp³-hybridized carbons (Fsp3) is 0.105. The third kappa shape index (κ3) is 5.37. The van der Waals surface area contributed by atoms with Crippen LogP contribution in [0.15, 0.2) is 47.8 Å². The molecule has 2 aromatic carbocycles. The minimum Gasteiger partial charge on any atom is -0.497 e. The van der Waals surface area contributed by atoms with Gasteiger partial charge in [-0.3, -0.25) is 10.1 Å². The van der Waals surface area contributed by atoms with Crippen LogP contribution >= 0.6 is 22.9 Å². The van der Waals surface area contributed by atoms with Crippen molar-refractivity contribution in [1.82, 2.24) is 4.98 Å². The van der Waals surface area contributed by atoms with Crippen LogP contribution in [0.4, 0.5) is 21.3 Å². The van der Waals surface area contributed by atoms with Gasteiger partial charge in [0.25, 0.3) is 5.91 Å². The number of aromatic nitrogens is 1. The average molecular weight is 433 g/mol. The maximum Gasteiger partial charge on any atom is 0.325 e. The number of benzene rings is 2. The molecule has 0 aliphatic heterocycles. The standard InChI is InChI=1S/C19H17ClN4O4S/c1-27-13-6-7-14(16(9-13)28-2)22-17(25)15-10-29-19(23-15)24-18(26)21-12-5-3-4-11(20)8-12/h3-10H,1-2H3,(H,22,25)(H2,21,23,24,26). The van der Waals surface area contributed by atoms with E-state index in [4.69, 9.17) is 21.1 Å². The van der Waals surface area contributed by atoms with Crippen LogP contribution < -0.4 is 25.4 Å². The minimum absolute atomic E-state index is 0.158. The normalized spacial score (nSPS) is 10.2. The number of urea groups is 1. The molecule has 0 spiro atoms. The first-order chi connectivity index (χ1) is 14.0. The zero-order chi connectivity index (χ0) is 20.8. The number of hydrogen-bond donors (Lipinski definition) is 3. The highest BCUT2D eigenvalue weighted by molar-refractivity contribution is 7.14. The Kier molecular flexibility index (Phi) is 6.53. The van der Waals surface area contributed by atoms with E-state index in [1.54, 1.807) is 55.0 Å². The summed E-state index contributed by atoms with van der Waals surface area (Å²) in [6.07, 6.45) is 0. The van der Waals surface area contributed by atoms with E-state index in [0.717, 1.165) is 11.3 Å². The van der Waals surface area contributed by atoms with Crippen LogP contribution in [0.3, 0.4) is 0 Å². The zero-order valence-electron chi connectivity index (χ0n) is 15.5. The van der Waals surface area contributed by atoms with Crippen LogP contribution in [-0.2, 0) is 0 Å². The Morgan fingerprint density at radius 3 is 2.59 bits per heavy atom. The van der Waals surface area contributed by atoms with Crippen molar-refractivity contribution in [3.63, 3.8) is 0 Å². The number of carbonyl (C=O) groups is 2. The van der Waals surface area contributed by atoms with E-state index in [2.05, 4.69) is 20.9 Å². The number of nitrogens with one attached hydrogen (secondary N) is 3. The van der Waals surface area contributed by atoms with E-state index in [9.17, 15) is 9.59 Å². The minimum atomic E-state index is -0.495. The van der Waals surface area contributed by atoms with Gasteiger partial charge in [-0.25, -0.2) is 9.78 Å². The van der Waals surface area contributed by atoms with Gasteiger partial charge in [0.1, 0.15) is 17.2 Å². The molecule has 3 rings (SSSR count). The van der Waals surface area contributed by atoms with Gasteiger partial charge in [-0.15, -0.1) is 11.3 Å². The van der Waals surface area contributed by atoms with E-state index in [1.807, 2.05) is 0 Å². The fourth-order valence-corrected chi connectivity index (χ4v) is 3.23. The van der Waals surface area contributed by atoms with Gasteiger partial charge in [0.15, 0.2) is 5.13 Å². The molecule has 1 heterocycles. The Labute approximate surface area is 175 Å². The second kappa shape index (κ2) is 9.26. The topological polar surface area (TPSA) is 102 Å². The highest BCUT2D eigenvalue weighted by atomic mass is 35.5. The largest absolute Gasteiger partial charge is 0.497 e. The van der Waals surface area contributed by atoms with Crippen LogP contribution in [-0.4, -0.2) is 31.1 Å². The van der Waals surface area contributed by atoms with Gasteiger partial charge in [0.2, 0.25) is 0 Å². The number of carbonyl (C=O) groups excluding carboxylic acids is 2.